The van der Waals surface area contributed by atoms with Gasteiger partial charge in [0, 0.05) is 19.1 Å². The van der Waals surface area contributed by atoms with Crippen molar-refractivity contribution in [2.75, 3.05) is 27.2 Å². The summed E-state index contributed by atoms with van der Waals surface area (Å²) < 4.78 is 68.2. The number of rotatable bonds is 4. The van der Waals surface area contributed by atoms with Crippen LogP contribution in [0.5, 0.6) is 0 Å². The van der Waals surface area contributed by atoms with E-state index in [0.29, 0.717) is 18.1 Å². The van der Waals surface area contributed by atoms with Crippen molar-refractivity contribution in [1.82, 2.24) is 9.21 Å². The second-order valence-corrected chi connectivity index (χ2v) is 9.10. The first-order valence-corrected chi connectivity index (χ1v) is 10.4. The number of sulfonamides is 1. The first-order chi connectivity index (χ1) is 13.5. The van der Waals surface area contributed by atoms with Crippen LogP contribution in [0.2, 0.25) is 0 Å². The highest BCUT2D eigenvalue weighted by Crippen LogP contribution is 2.39. The Morgan fingerprint density at radius 2 is 1.79 bits per heavy atom. The number of hydrogen-bond donors (Lipinski definition) is 0. The van der Waals surface area contributed by atoms with E-state index in [1.165, 1.54) is 40.7 Å². The Hall–Kier alpha value is -2.41. The predicted octanol–water partition coefficient (Wildman–Crippen LogP) is 3.57. The Morgan fingerprint density at radius 3 is 2.31 bits per heavy atom. The molecule has 0 aliphatic carbocycles. The average molecular weight is 423 g/mol. The highest BCUT2D eigenvalue weighted by molar-refractivity contribution is 7.89. The molecule has 1 aliphatic heterocycles. The highest BCUT2D eigenvalue weighted by Gasteiger charge is 2.38. The van der Waals surface area contributed by atoms with Gasteiger partial charge in [-0.25, -0.2) is 8.42 Å². The number of halogens is 3. The zero-order chi connectivity index (χ0) is 21.4. The van der Waals surface area contributed by atoms with Crippen molar-refractivity contribution in [3.05, 3.63) is 53.6 Å². The Labute approximate surface area is 168 Å². The third-order valence-electron chi connectivity index (χ3n) is 5.12. The van der Waals surface area contributed by atoms with Crippen molar-refractivity contribution >= 4 is 10.0 Å². The number of likely N-dealkylation sites (N-methyl/N-ethyl adjacent to an activating group) is 1. The fraction of sp³-hybridized carbons (Fsp3) is 0.350. The van der Waals surface area contributed by atoms with Crippen LogP contribution in [-0.4, -0.2) is 50.8 Å². The molecule has 1 unspecified atom stereocenters. The topological polar surface area (TPSA) is 64.4 Å². The molecular weight excluding hydrogens is 403 g/mol. The van der Waals surface area contributed by atoms with Crippen molar-refractivity contribution < 1.29 is 21.6 Å². The lowest BCUT2D eigenvalue weighted by atomic mass is 9.98. The highest BCUT2D eigenvalue weighted by atomic mass is 32.2. The second kappa shape index (κ2) is 7.78. The molecular formula is C20H20F3N3O2S. The quantitative estimate of drug-likeness (QED) is 0.754. The average Bonchev–Trinajstić information content (AvgIpc) is 3.18. The molecule has 0 N–H and O–H groups in total. The molecule has 29 heavy (non-hydrogen) atoms. The normalized spacial score (nSPS) is 18.2. The van der Waals surface area contributed by atoms with Crippen LogP contribution in [0.25, 0.3) is 11.1 Å². The van der Waals surface area contributed by atoms with Crippen molar-refractivity contribution in [3.8, 4) is 17.2 Å². The fourth-order valence-electron chi connectivity index (χ4n) is 3.39. The van der Waals surface area contributed by atoms with E-state index in [4.69, 9.17) is 5.26 Å². The van der Waals surface area contributed by atoms with Crippen molar-refractivity contribution in [2.45, 2.75) is 23.5 Å². The molecule has 9 heteroatoms. The summed E-state index contributed by atoms with van der Waals surface area (Å²) in [7, 11) is -0.350. The van der Waals surface area contributed by atoms with Gasteiger partial charge in [-0.05, 0) is 55.9 Å². The van der Waals surface area contributed by atoms with Crippen molar-refractivity contribution in [2.24, 2.45) is 0 Å². The van der Waals surface area contributed by atoms with E-state index >= 15 is 0 Å². The van der Waals surface area contributed by atoms with Crippen LogP contribution in [0.3, 0.4) is 0 Å². The summed E-state index contributed by atoms with van der Waals surface area (Å²) in [6.07, 6.45) is -4.10. The Bertz CT molecular complexity index is 1040. The van der Waals surface area contributed by atoms with E-state index in [1.54, 1.807) is 0 Å². The predicted molar refractivity (Wildman–Crippen MR) is 102 cm³/mol. The molecule has 5 nitrogen and oxygen atoms in total. The third kappa shape index (κ3) is 4.29. The summed E-state index contributed by atoms with van der Waals surface area (Å²) >= 11 is 0. The molecule has 154 valence electrons. The third-order valence-corrected chi connectivity index (χ3v) is 6.98. The van der Waals surface area contributed by atoms with Crippen LogP contribution in [0.15, 0.2) is 47.4 Å². The summed E-state index contributed by atoms with van der Waals surface area (Å²) in [6, 6.07) is 10.7. The van der Waals surface area contributed by atoms with Gasteiger partial charge in [0.2, 0.25) is 10.0 Å². The number of nitriles is 1. The van der Waals surface area contributed by atoms with Gasteiger partial charge in [0.1, 0.15) is 0 Å². The van der Waals surface area contributed by atoms with E-state index in [2.05, 4.69) is 0 Å². The Morgan fingerprint density at radius 1 is 1.14 bits per heavy atom. The van der Waals surface area contributed by atoms with Crippen LogP contribution < -0.4 is 0 Å². The van der Waals surface area contributed by atoms with Gasteiger partial charge in [0.05, 0.1) is 22.1 Å². The summed E-state index contributed by atoms with van der Waals surface area (Å²) in [6.45, 7) is 0.512. The zero-order valence-electron chi connectivity index (χ0n) is 15.9. The van der Waals surface area contributed by atoms with Crippen LogP contribution >= 0.6 is 0 Å². The van der Waals surface area contributed by atoms with Gasteiger partial charge in [0.25, 0.3) is 0 Å². The molecule has 0 saturated carbocycles. The van der Waals surface area contributed by atoms with E-state index < -0.39 is 21.8 Å². The minimum Gasteiger partial charge on any atom is -0.305 e. The second-order valence-electron chi connectivity index (χ2n) is 7.16. The lowest BCUT2D eigenvalue weighted by Crippen LogP contribution is -2.34. The van der Waals surface area contributed by atoms with Gasteiger partial charge in [0.15, 0.2) is 0 Å². The lowest BCUT2D eigenvalue weighted by molar-refractivity contribution is -0.137. The molecule has 1 aliphatic rings. The Kier molecular flexibility index (Phi) is 5.72. The zero-order valence-corrected chi connectivity index (χ0v) is 16.8. The minimum absolute atomic E-state index is 0.0322. The van der Waals surface area contributed by atoms with Crippen LogP contribution in [0.4, 0.5) is 13.2 Å². The SMILES string of the molecule is CN(C)C1CCN(S(=O)(=O)c2ccc(-c3ccc(C#N)cc3)c(C(F)(F)F)c2)C1. The largest absolute Gasteiger partial charge is 0.417 e. The monoisotopic (exact) mass is 423 g/mol. The smallest absolute Gasteiger partial charge is 0.305 e. The Balaban J connectivity index is 2.03. The number of nitrogens with zero attached hydrogens (tertiary/aromatic N) is 3. The number of benzene rings is 2. The maximum absolute atomic E-state index is 13.7. The van der Waals surface area contributed by atoms with Crippen LogP contribution in [-0.2, 0) is 16.2 Å². The van der Waals surface area contributed by atoms with Gasteiger partial charge >= 0.3 is 6.18 Å². The molecule has 0 spiro atoms. The molecule has 1 saturated heterocycles. The molecule has 0 aromatic heterocycles. The van der Waals surface area contributed by atoms with Crippen molar-refractivity contribution in [3.63, 3.8) is 0 Å². The molecule has 1 atom stereocenters. The molecule has 0 bridgehead atoms. The van der Waals surface area contributed by atoms with E-state index in [1.807, 2.05) is 25.1 Å². The summed E-state index contributed by atoms with van der Waals surface area (Å²) in [5, 5.41) is 8.86. The molecule has 3 rings (SSSR count). The standard InChI is InChI=1S/C20H20F3N3O2S/c1-25(2)16-9-10-26(13-16)29(27,28)17-7-8-18(19(11-17)20(21,22)23)15-5-3-14(12-24)4-6-15/h3-8,11,16H,9-10,13H2,1-2H3. The molecule has 0 amide bonds. The van der Waals surface area contributed by atoms with Crippen molar-refractivity contribution in [1.29, 1.82) is 5.26 Å². The van der Waals surface area contributed by atoms with Gasteiger partial charge < -0.3 is 4.90 Å². The summed E-state index contributed by atoms with van der Waals surface area (Å²) in [5.41, 5.74) is -0.569. The van der Waals surface area contributed by atoms with E-state index in [9.17, 15) is 21.6 Å². The molecule has 1 fully saturated rings. The molecule has 2 aromatic carbocycles. The molecule has 2 aromatic rings. The van der Waals surface area contributed by atoms with Gasteiger partial charge in [-0.15, -0.1) is 0 Å². The van der Waals surface area contributed by atoms with Gasteiger partial charge in [-0.2, -0.15) is 22.7 Å². The maximum atomic E-state index is 13.7. The molecule has 1 heterocycles. The van der Waals surface area contributed by atoms with E-state index in [-0.39, 0.29) is 35.2 Å². The van der Waals surface area contributed by atoms with Crippen LogP contribution in [0, 0.1) is 11.3 Å². The number of alkyl halides is 3. The summed E-state index contributed by atoms with van der Waals surface area (Å²) in [4.78, 5) is 1.53. The first kappa shape index (κ1) is 21.3. The fourth-order valence-corrected chi connectivity index (χ4v) is 4.91. The van der Waals surface area contributed by atoms with Gasteiger partial charge in [-0.1, -0.05) is 18.2 Å². The van der Waals surface area contributed by atoms with E-state index in [0.717, 1.165) is 0 Å². The first-order valence-electron chi connectivity index (χ1n) is 8.92. The number of hydrogen-bond acceptors (Lipinski definition) is 4. The summed E-state index contributed by atoms with van der Waals surface area (Å²) in [5.74, 6) is 0. The minimum atomic E-state index is -4.73. The molecule has 0 radical (unpaired) electrons. The lowest BCUT2D eigenvalue weighted by Gasteiger charge is -2.21. The van der Waals surface area contributed by atoms with Crippen LogP contribution in [0.1, 0.15) is 17.5 Å². The maximum Gasteiger partial charge on any atom is 0.417 e. The van der Waals surface area contributed by atoms with Gasteiger partial charge in [-0.3, -0.25) is 0 Å².